The van der Waals surface area contributed by atoms with Crippen molar-refractivity contribution in [3.8, 4) is 10.4 Å². The number of ether oxygens (including phenoxy) is 1. The van der Waals surface area contributed by atoms with Crippen LogP contribution in [0.15, 0.2) is 41.8 Å². The first-order valence-electron chi connectivity index (χ1n) is 4.54. The van der Waals surface area contributed by atoms with Gasteiger partial charge in [0.15, 0.2) is 0 Å². The fourth-order valence-electron chi connectivity index (χ4n) is 1.39. The molecular weight excluding hydrogens is 208 g/mol. The number of carbonyl (C=O) groups is 1. The van der Waals surface area contributed by atoms with Gasteiger partial charge < -0.3 is 4.74 Å². The van der Waals surface area contributed by atoms with E-state index in [9.17, 15) is 4.79 Å². The molecule has 0 N–H and O–H groups in total. The predicted octanol–water partition coefficient (Wildman–Crippen LogP) is 3.20. The van der Waals surface area contributed by atoms with E-state index in [4.69, 9.17) is 4.74 Å². The third-order valence-electron chi connectivity index (χ3n) is 2.11. The van der Waals surface area contributed by atoms with Gasteiger partial charge >= 0.3 is 5.97 Å². The Hall–Kier alpha value is -1.61. The zero-order chi connectivity index (χ0) is 10.7. The van der Waals surface area contributed by atoms with E-state index in [0.29, 0.717) is 5.56 Å². The monoisotopic (exact) mass is 218 g/mol. The van der Waals surface area contributed by atoms with E-state index in [1.807, 2.05) is 35.7 Å². The Morgan fingerprint density at radius 2 is 1.93 bits per heavy atom. The molecule has 0 spiro atoms. The highest BCUT2D eigenvalue weighted by atomic mass is 32.1. The molecule has 76 valence electrons. The van der Waals surface area contributed by atoms with Crippen LogP contribution in [0.4, 0.5) is 0 Å². The number of rotatable bonds is 2. The van der Waals surface area contributed by atoms with Crippen LogP contribution in [-0.4, -0.2) is 13.1 Å². The zero-order valence-electron chi connectivity index (χ0n) is 8.27. The molecule has 2 aromatic rings. The summed E-state index contributed by atoms with van der Waals surface area (Å²) in [5.41, 5.74) is 1.68. The van der Waals surface area contributed by atoms with Gasteiger partial charge in [-0.15, -0.1) is 11.3 Å². The average molecular weight is 218 g/mol. The number of hydrogen-bond acceptors (Lipinski definition) is 3. The van der Waals surface area contributed by atoms with Crippen molar-refractivity contribution in [3.05, 3.63) is 47.3 Å². The lowest BCUT2D eigenvalue weighted by molar-refractivity contribution is 0.0602. The van der Waals surface area contributed by atoms with Crippen LogP contribution in [-0.2, 0) is 4.74 Å². The second-order valence-electron chi connectivity index (χ2n) is 3.02. The lowest BCUT2D eigenvalue weighted by Crippen LogP contribution is -2.00. The van der Waals surface area contributed by atoms with Gasteiger partial charge in [0.1, 0.15) is 0 Å². The molecule has 15 heavy (non-hydrogen) atoms. The Labute approximate surface area is 92.1 Å². The van der Waals surface area contributed by atoms with Crippen molar-refractivity contribution in [2.75, 3.05) is 7.11 Å². The molecule has 2 nitrogen and oxygen atoms in total. The highest BCUT2D eigenvalue weighted by Gasteiger charge is 2.13. The summed E-state index contributed by atoms with van der Waals surface area (Å²) >= 11 is 1.55. The lowest BCUT2D eigenvalue weighted by Gasteiger charge is -2.01. The van der Waals surface area contributed by atoms with Crippen LogP contribution in [0.1, 0.15) is 10.4 Å². The van der Waals surface area contributed by atoms with Crippen molar-refractivity contribution in [3.63, 3.8) is 0 Å². The first-order chi connectivity index (χ1) is 7.33. The molecular formula is C12H10O2S. The maximum Gasteiger partial charge on any atom is 0.339 e. The predicted molar refractivity (Wildman–Crippen MR) is 61.1 cm³/mol. The van der Waals surface area contributed by atoms with E-state index in [1.165, 1.54) is 7.11 Å². The maximum atomic E-state index is 11.5. The Morgan fingerprint density at radius 3 is 2.60 bits per heavy atom. The van der Waals surface area contributed by atoms with Gasteiger partial charge in [-0.3, -0.25) is 0 Å². The van der Waals surface area contributed by atoms with Gasteiger partial charge in [-0.1, -0.05) is 30.3 Å². The summed E-state index contributed by atoms with van der Waals surface area (Å²) in [6.07, 6.45) is 0. The van der Waals surface area contributed by atoms with Crippen molar-refractivity contribution in [1.29, 1.82) is 0 Å². The van der Waals surface area contributed by atoms with Gasteiger partial charge in [0.05, 0.1) is 12.7 Å². The van der Waals surface area contributed by atoms with Gasteiger partial charge in [-0.25, -0.2) is 4.79 Å². The first kappa shape index (κ1) is 9.93. The largest absolute Gasteiger partial charge is 0.465 e. The standard InChI is InChI=1S/C12H10O2S/c1-14-12(13)10-7-8-15-11(10)9-5-3-2-4-6-9/h2-8H,1H3. The number of esters is 1. The van der Waals surface area contributed by atoms with Crippen LogP contribution in [0.5, 0.6) is 0 Å². The number of carbonyl (C=O) groups excluding carboxylic acids is 1. The minimum absolute atomic E-state index is 0.282. The molecule has 2 rings (SSSR count). The number of methoxy groups -OCH3 is 1. The molecule has 0 aliphatic carbocycles. The van der Waals surface area contributed by atoms with Crippen LogP contribution >= 0.6 is 11.3 Å². The van der Waals surface area contributed by atoms with Crippen LogP contribution < -0.4 is 0 Å². The quantitative estimate of drug-likeness (QED) is 0.723. The summed E-state index contributed by atoms with van der Waals surface area (Å²) in [5, 5.41) is 1.90. The van der Waals surface area contributed by atoms with E-state index in [-0.39, 0.29) is 5.97 Å². The lowest BCUT2D eigenvalue weighted by atomic mass is 10.1. The molecule has 0 fully saturated rings. The normalized spacial score (nSPS) is 9.93. The molecule has 0 unspecified atom stereocenters. The van der Waals surface area contributed by atoms with Crippen molar-refractivity contribution in [1.82, 2.24) is 0 Å². The summed E-state index contributed by atoms with van der Waals surface area (Å²) in [6, 6.07) is 11.6. The molecule has 3 heteroatoms. The third kappa shape index (κ3) is 1.92. The van der Waals surface area contributed by atoms with Crippen LogP contribution in [0.25, 0.3) is 10.4 Å². The highest BCUT2D eigenvalue weighted by Crippen LogP contribution is 2.29. The topological polar surface area (TPSA) is 26.3 Å². The smallest absolute Gasteiger partial charge is 0.339 e. The second-order valence-corrected chi connectivity index (χ2v) is 3.94. The van der Waals surface area contributed by atoms with Gasteiger partial charge in [0, 0.05) is 4.88 Å². The summed E-state index contributed by atoms with van der Waals surface area (Å²) in [5.74, 6) is -0.282. The van der Waals surface area contributed by atoms with E-state index in [1.54, 1.807) is 17.4 Å². The van der Waals surface area contributed by atoms with Crippen molar-refractivity contribution < 1.29 is 9.53 Å². The molecule has 0 aliphatic rings. The van der Waals surface area contributed by atoms with E-state index >= 15 is 0 Å². The van der Waals surface area contributed by atoms with Gasteiger partial charge in [-0.05, 0) is 17.0 Å². The second kappa shape index (κ2) is 4.28. The molecule has 1 heterocycles. The molecule has 1 aromatic carbocycles. The SMILES string of the molecule is COC(=O)c1ccsc1-c1ccccc1. The molecule has 0 amide bonds. The fraction of sp³-hybridized carbons (Fsp3) is 0.0833. The Bertz CT molecular complexity index is 459. The zero-order valence-corrected chi connectivity index (χ0v) is 9.08. The van der Waals surface area contributed by atoms with Gasteiger partial charge in [-0.2, -0.15) is 0 Å². The minimum atomic E-state index is -0.282. The van der Waals surface area contributed by atoms with Crippen LogP contribution in [0.2, 0.25) is 0 Å². The minimum Gasteiger partial charge on any atom is -0.465 e. The summed E-state index contributed by atoms with van der Waals surface area (Å²) in [7, 11) is 1.40. The Morgan fingerprint density at radius 1 is 1.20 bits per heavy atom. The summed E-state index contributed by atoms with van der Waals surface area (Å²) in [4.78, 5) is 12.4. The van der Waals surface area contributed by atoms with Crippen LogP contribution in [0.3, 0.4) is 0 Å². The van der Waals surface area contributed by atoms with E-state index in [0.717, 1.165) is 10.4 Å². The van der Waals surface area contributed by atoms with Crippen molar-refractivity contribution in [2.45, 2.75) is 0 Å². The number of hydrogen-bond donors (Lipinski definition) is 0. The van der Waals surface area contributed by atoms with E-state index < -0.39 is 0 Å². The molecule has 0 bridgehead atoms. The van der Waals surface area contributed by atoms with Gasteiger partial charge in [0.25, 0.3) is 0 Å². The average Bonchev–Trinajstić information content (AvgIpc) is 2.78. The van der Waals surface area contributed by atoms with E-state index in [2.05, 4.69) is 0 Å². The Balaban J connectivity index is 2.46. The molecule has 0 atom stereocenters. The number of thiophene rings is 1. The van der Waals surface area contributed by atoms with Crippen molar-refractivity contribution in [2.24, 2.45) is 0 Å². The molecule has 0 saturated carbocycles. The summed E-state index contributed by atoms with van der Waals surface area (Å²) in [6.45, 7) is 0. The van der Waals surface area contributed by atoms with Crippen LogP contribution in [0, 0.1) is 0 Å². The number of benzene rings is 1. The highest BCUT2D eigenvalue weighted by molar-refractivity contribution is 7.14. The third-order valence-corrected chi connectivity index (χ3v) is 3.07. The molecule has 1 aromatic heterocycles. The fourth-order valence-corrected chi connectivity index (χ4v) is 2.28. The Kier molecular flexibility index (Phi) is 2.83. The van der Waals surface area contributed by atoms with Crippen molar-refractivity contribution >= 4 is 17.3 Å². The van der Waals surface area contributed by atoms with Gasteiger partial charge in [0.2, 0.25) is 0 Å². The maximum absolute atomic E-state index is 11.5. The first-order valence-corrected chi connectivity index (χ1v) is 5.42. The molecule has 0 radical (unpaired) electrons. The molecule has 0 aliphatic heterocycles. The molecule has 0 saturated heterocycles. The summed E-state index contributed by atoms with van der Waals surface area (Å²) < 4.78 is 4.72.